The molecule has 0 aromatic heterocycles. The van der Waals surface area contributed by atoms with Crippen LogP contribution in [0.25, 0.3) is 0 Å². The Balaban J connectivity index is 1.34. The van der Waals surface area contributed by atoms with Crippen molar-refractivity contribution in [1.29, 1.82) is 0 Å². The monoisotopic (exact) mass is 487 g/mol. The number of fused-ring (bicyclic) bond motifs is 1. The lowest BCUT2D eigenvalue weighted by molar-refractivity contribution is -0.124. The van der Waals surface area contributed by atoms with Crippen LogP contribution < -0.4 is 24.8 Å². The zero-order valence-electron chi connectivity index (χ0n) is 18.8. The van der Waals surface area contributed by atoms with Crippen LogP contribution in [0.3, 0.4) is 0 Å². The van der Waals surface area contributed by atoms with E-state index in [1.54, 1.807) is 24.3 Å². The molecule has 1 heterocycles. The number of anilines is 1. The lowest BCUT2D eigenvalue weighted by atomic mass is 10.1. The molecular weight excluding hydrogens is 458 g/mol. The molecule has 34 heavy (non-hydrogen) atoms. The minimum atomic E-state index is -3.90. The second kappa shape index (κ2) is 10.8. The Bertz CT molecular complexity index is 1150. The van der Waals surface area contributed by atoms with E-state index in [1.807, 2.05) is 0 Å². The van der Waals surface area contributed by atoms with Crippen LogP contribution >= 0.6 is 0 Å². The summed E-state index contributed by atoms with van der Waals surface area (Å²) >= 11 is 0. The highest BCUT2D eigenvalue weighted by molar-refractivity contribution is 7.92. The topological polar surface area (TPSA) is 123 Å². The SMILES string of the molecule is O=C(NCCNC(=O)C1CCCC1)c1cccc(NS(=O)(=O)c2ccc3c(c2)OCCCO3)c1. The number of ether oxygens (including phenoxy) is 2. The number of nitrogens with one attached hydrogen (secondary N) is 3. The number of amides is 2. The highest BCUT2D eigenvalue weighted by Crippen LogP contribution is 2.32. The van der Waals surface area contributed by atoms with Gasteiger partial charge in [0.2, 0.25) is 5.91 Å². The van der Waals surface area contributed by atoms with Gasteiger partial charge in [-0.2, -0.15) is 0 Å². The van der Waals surface area contributed by atoms with Gasteiger partial charge in [0, 0.05) is 42.7 Å². The van der Waals surface area contributed by atoms with Crippen molar-refractivity contribution in [3.63, 3.8) is 0 Å². The molecule has 4 rings (SSSR count). The Labute approximate surface area is 199 Å². The van der Waals surface area contributed by atoms with Crippen molar-refractivity contribution in [2.24, 2.45) is 5.92 Å². The van der Waals surface area contributed by atoms with Crippen molar-refractivity contribution in [2.45, 2.75) is 37.0 Å². The fourth-order valence-corrected chi connectivity index (χ4v) is 5.11. The highest BCUT2D eigenvalue weighted by atomic mass is 32.2. The molecular formula is C24H29N3O6S. The normalized spacial score (nSPS) is 15.9. The summed E-state index contributed by atoms with van der Waals surface area (Å²) in [6, 6.07) is 10.7. The third-order valence-corrected chi connectivity index (χ3v) is 7.22. The van der Waals surface area contributed by atoms with Gasteiger partial charge in [0.15, 0.2) is 11.5 Å². The Hall–Kier alpha value is -3.27. The third kappa shape index (κ3) is 5.99. The first-order valence-corrected chi connectivity index (χ1v) is 13.0. The molecule has 1 aliphatic heterocycles. The zero-order chi connectivity index (χ0) is 24.0. The summed E-state index contributed by atoms with van der Waals surface area (Å²) in [7, 11) is -3.90. The zero-order valence-corrected chi connectivity index (χ0v) is 19.7. The van der Waals surface area contributed by atoms with Crippen molar-refractivity contribution in [3.05, 3.63) is 48.0 Å². The number of sulfonamides is 1. The summed E-state index contributed by atoms with van der Waals surface area (Å²) in [5, 5.41) is 5.60. The number of rotatable bonds is 8. The van der Waals surface area contributed by atoms with Crippen LogP contribution in [0, 0.1) is 5.92 Å². The molecule has 2 aromatic rings. The number of carbonyl (C=O) groups excluding carboxylic acids is 2. The average molecular weight is 488 g/mol. The number of hydrogen-bond donors (Lipinski definition) is 3. The molecule has 3 N–H and O–H groups in total. The summed E-state index contributed by atoms with van der Waals surface area (Å²) in [5.74, 6) is 0.659. The molecule has 9 nitrogen and oxygen atoms in total. The van der Waals surface area contributed by atoms with Gasteiger partial charge in [0.1, 0.15) is 0 Å². The second-order valence-corrected chi connectivity index (χ2v) is 10.1. The smallest absolute Gasteiger partial charge is 0.262 e. The first-order valence-electron chi connectivity index (χ1n) is 11.5. The molecule has 0 radical (unpaired) electrons. The fraction of sp³-hybridized carbons (Fsp3) is 0.417. The highest BCUT2D eigenvalue weighted by Gasteiger charge is 2.22. The number of hydrogen-bond acceptors (Lipinski definition) is 6. The van der Waals surface area contributed by atoms with Gasteiger partial charge in [0.25, 0.3) is 15.9 Å². The van der Waals surface area contributed by atoms with E-state index in [1.165, 1.54) is 18.2 Å². The van der Waals surface area contributed by atoms with Crippen LogP contribution in [0.4, 0.5) is 5.69 Å². The molecule has 0 atom stereocenters. The molecule has 2 aliphatic rings. The van der Waals surface area contributed by atoms with Gasteiger partial charge in [-0.25, -0.2) is 8.42 Å². The van der Waals surface area contributed by atoms with Gasteiger partial charge >= 0.3 is 0 Å². The van der Waals surface area contributed by atoms with Crippen LogP contribution in [-0.2, 0) is 14.8 Å². The Kier molecular flexibility index (Phi) is 7.56. The summed E-state index contributed by atoms with van der Waals surface area (Å²) < 4.78 is 39.4. The minimum Gasteiger partial charge on any atom is -0.490 e. The molecule has 10 heteroatoms. The van der Waals surface area contributed by atoms with E-state index in [4.69, 9.17) is 9.47 Å². The van der Waals surface area contributed by atoms with Crippen LogP contribution in [0.5, 0.6) is 11.5 Å². The standard InChI is InChI=1S/C24H29N3O6S/c28-23(17-5-1-2-6-17)25-11-12-26-24(29)18-7-3-8-19(15-18)27-34(30,31)20-9-10-21-22(16-20)33-14-4-13-32-21/h3,7-10,15-17,27H,1-2,4-6,11-14H2,(H,25,28)(H,26,29). The maximum absolute atomic E-state index is 12.9. The average Bonchev–Trinajstić information content (AvgIpc) is 3.27. The Morgan fingerprint density at radius 2 is 1.62 bits per heavy atom. The van der Waals surface area contributed by atoms with E-state index >= 15 is 0 Å². The predicted molar refractivity (Wildman–Crippen MR) is 127 cm³/mol. The van der Waals surface area contributed by atoms with Crippen molar-refractivity contribution >= 4 is 27.5 Å². The molecule has 1 aliphatic carbocycles. The molecule has 1 fully saturated rings. The summed E-state index contributed by atoms with van der Waals surface area (Å²) in [6.07, 6.45) is 4.74. The van der Waals surface area contributed by atoms with Crippen LogP contribution in [0.1, 0.15) is 42.5 Å². The van der Waals surface area contributed by atoms with Gasteiger partial charge in [0.05, 0.1) is 18.1 Å². The Morgan fingerprint density at radius 3 is 2.41 bits per heavy atom. The molecule has 0 bridgehead atoms. The second-order valence-electron chi connectivity index (χ2n) is 8.37. The predicted octanol–water partition coefficient (Wildman–Crippen LogP) is 2.68. The molecule has 2 aromatic carbocycles. The lowest BCUT2D eigenvalue weighted by Crippen LogP contribution is -2.37. The van der Waals surface area contributed by atoms with E-state index < -0.39 is 10.0 Å². The van der Waals surface area contributed by atoms with Gasteiger partial charge in [-0.3, -0.25) is 14.3 Å². The van der Waals surface area contributed by atoms with Crippen molar-refractivity contribution in [1.82, 2.24) is 10.6 Å². The van der Waals surface area contributed by atoms with E-state index in [2.05, 4.69) is 15.4 Å². The van der Waals surface area contributed by atoms with Crippen molar-refractivity contribution in [2.75, 3.05) is 31.0 Å². The first kappa shape index (κ1) is 23.9. The molecule has 0 saturated heterocycles. The van der Waals surface area contributed by atoms with Crippen LogP contribution in [0.2, 0.25) is 0 Å². The summed E-state index contributed by atoms with van der Waals surface area (Å²) in [6.45, 7) is 1.59. The van der Waals surface area contributed by atoms with Crippen molar-refractivity contribution in [3.8, 4) is 11.5 Å². The minimum absolute atomic E-state index is 0.0320. The van der Waals surface area contributed by atoms with Gasteiger partial charge in [-0.05, 0) is 43.2 Å². The quantitative estimate of drug-likeness (QED) is 0.492. The van der Waals surface area contributed by atoms with E-state index in [-0.39, 0.29) is 34.9 Å². The molecule has 2 amide bonds. The molecule has 0 spiro atoms. The number of benzene rings is 2. The van der Waals surface area contributed by atoms with Gasteiger partial charge in [-0.15, -0.1) is 0 Å². The maximum Gasteiger partial charge on any atom is 0.262 e. The maximum atomic E-state index is 12.9. The summed E-state index contributed by atoms with van der Waals surface area (Å²) in [5.41, 5.74) is 0.565. The molecule has 182 valence electrons. The van der Waals surface area contributed by atoms with E-state index in [0.717, 1.165) is 32.1 Å². The fourth-order valence-electron chi connectivity index (χ4n) is 4.04. The summed E-state index contributed by atoms with van der Waals surface area (Å²) in [4.78, 5) is 24.6. The molecule has 1 saturated carbocycles. The largest absolute Gasteiger partial charge is 0.490 e. The van der Waals surface area contributed by atoms with Gasteiger partial charge in [-0.1, -0.05) is 18.9 Å². The van der Waals surface area contributed by atoms with Crippen LogP contribution in [0.15, 0.2) is 47.4 Å². The van der Waals surface area contributed by atoms with E-state index in [0.29, 0.717) is 36.8 Å². The first-order chi connectivity index (χ1) is 16.4. The third-order valence-electron chi connectivity index (χ3n) is 5.84. The lowest BCUT2D eigenvalue weighted by Gasteiger charge is -2.13. The van der Waals surface area contributed by atoms with E-state index in [9.17, 15) is 18.0 Å². The molecule has 0 unspecified atom stereocenters. The van der Waals surface area contributed by atoms with Gasteiger partial charge < -0.3 is 20.1 Å². The number of carbonyl (C=O) groups is 2. The Morgan fingerprint density at radius 1 is 0.882 bits per heavy atom. The van der Waals surface area contributed by atoms with Crippen LogP contribution in [-0.4, -0.2) is 46.5 Å². The van der Waals surface area contributed by atoms with Crippen molar-refractivity contribution < 1.29 is 27.5 Å².